The van der Waals surface area contributed by atoms with E-state index in [0.29, 0.717) is 0 Å². The third kappa shape index (κ3) is 2.85. The van der Waals surface area contributed by atoms with Crippen molar-refractivity contribution in [2.45, 2.75) is 55.7 Å². The summed E-state index contributed by atoms with van der Waals surface area (Å²) in [5.41, 5.74) is 1.07. The largest absolute Gasteiger partial charge is 0.339 e. The van der Waals surface area contributed by atoms with Gasteiger partial charge in [0.15, 0.2) is 0 Å². The summed E-state index contributed by atoms with van der Waals surface area (Å²) in [4.78, 5) is 14.6. The molecule has 0 spiro atoms. The van der Waals surface area contributed by atoms with Crippen LogP contribution in [0.15, 0.2) is 30.3 Å². The number of likely N-dealkylation sites (N-methyl/N-ethyl adjacent to an activating group) is 1. The summed E-state index contributed by atoms with van der Waals surface area (Å²) in [5, 5.41) is 5.55. The van der Waals surface area contributed by atoms with E-state index in [1.807, 2.05) is 37.1 Å². The maximum atomic E-state index is 12.6. The average molecular weight is 334 g/mol. The van der Waals surface area contributed by atoms with Crippen molar-refractivity contribution in [3.05, 3.63) is 35.9 Å². The highest BCUT2D eigenvalue weighted by molar-refractivity contribution is 7.83. The molecule has 2 saturated heterocycles. The van der Waals surface area contributed by atoms with Crippen LogP contribution in [0.1, 0.15) is 50.5 Å². The molecule has 2 aliphatic heterocycles. The predicted molar refractivity (Wildman–Crippen MR) is 93.1 cm³/mol. The summed E-state index contributed by atoms with van der Waals surface area (Å²) in [5.74, 6) is 0.672. The van der Waals surface area contributed by atoms with Gasteiger partial charge in [-0.05, 0) is 44.6 Å². The van der Waals surface area contributed by atoms with Gasteiger partial charge in [-0.25, -0.2) is 4.21 Å². The number of hydrogen-bond acceptors (Lipinski definition) is 2. The van der Waals surface area contributed by atoms with Crippen LogP contribution in [-0.2, 0) is 15.8 Å². The van der Waals surface area contributed by atoms with Crippen molar-refractivity contribution in [1.82, 2.24) is 4.90 Å². The molecule has 3 aliphatic rings. The van der Waals surface area contributed by atoms with Crippen molar-refractivity contribution in [2.75, 3.05) is 7.05 Å². The Morgan fingerprint density at radius 1 is 1.30 bits per heavy atom. The lowest BCUT2D eigenvalue weighted by molar-refractivity contribution is -0.155. The Morgan fingerprint density at radius 3 is 2.48 bits per heavy atom. The van der Waals surface area contributed by atoms with Gasteiger partial charge in [0.25, 0.3) is 0 Å². The number of hydrogen-bond donors (Lipinski definition) is 1. The Hall–Kier alpha value is -1.20. The number of nitrogens with zero attached hydrogens (tertiary/aromatic N) is 1. The van der Waals surface area contributed by atoms with Gasteiger partial charge in [0.05, 0.1) is 11.0 Å². The normalized spacial score (nSPS) is 31.0. The van der Waals surface area contributed by atoms with Crippen LogP contribution in [-0.4, -0.2) is 32.9 Å². The van der Waals surface area contributed by atoms with Crippen LogP contribution in [0, 0.1) is 5.92 Å². The van der Waals surface area contributed by atoms with Crippen molar-refractivity contribution in [3.63, 3.8) is 0 Å². The van der Waals surface area contributed by atoms with E-state index in [1.165, 1.54) is 5.56 Å². The maximum absolute atomic E-state index is 12.6. The first-order valence-corrected chi connectivity index (χ1v) is 9.71. The summed E-state index contributed by atoms with van der Waals surface area (Å²) in [6.07, 6.45) is 4.77. The molecule has 5 heteroatoms. The zero-order chi connectivity index (χ0) is 16.6. The van der Waals surface area contributed by atoms with Gasteiger partial charge < -0.3 is 4.90 Å². The molecule has 2 N–H and O–H groups in total. The van der Waals surface area contributed by atoms with Gasteiger partial charge in [-0.15, -0.1) is 0 Å². The van der Waals surface area contributed by atoms with Crippen molar-refractivity contribution in [3.8, 4) is 0 Å². The Kier molecular flexibility index (Phi) is 4.61. The Balaban J connectivity index is 2.00. The van der Waals surface area contributed by atoms with Gasteiger partial charge in [0, 0.05) is 29.7 Å². The average Bonchev–Trinajstić information content (AvgIpc) is 2.57. The third-order valence-electron chi connectivity index (χ3n) is 6.01. The molecule has 3 fully saturated rings. The first-order chi connectivity index (χ1) is 11.0. The predicted octanol–water partition coefficient (Wildman–Crippen LogP) is 2.57. The van der Waals surface area contributed by atoms with Crippen LogP contribution in [0.5, 0.6) is 0 Å². The Morgan fingerprint density at radius 2 is 1.91 bits per heavy atom. The molecular weight excluding hydrogens is 308 g/mol. The molecule has 126 valence electrons. The van der Waals surface area contributed by atoms with E-state index in [-0.39, 0.29) is 28.5 Å². The Labute approximate surface area is 141 Å². The Bertz CT molecular complexity index is 596. The van der Waals surface area contributed by atoms with Gasteiger partial charge in [-0.2, -0.15) is 0 Å². The zero-order valence-corrected chi connectivity index (χ0v) is 14.7. The number of piperidine rings is 2. The molecular formula is C18H26N2O2S. The smallest absolute Gasteiger partial charge is 0.225 e. The lowest BCUT2D eigenvalue weighted by Crippen LogP contribution is -2.62. The van der Waals surface area contributed by atoms with Gasteiger partial charge in [-0.3, -0.25) is 9.93 Å². The molecule has 1 aliphatic carbocycles. The number of amides is 1. The summed E-state index contributed by atoms with van der Waals surface area (Å²) in [6, 6.07) is 10.4. The fourth-order valence-corrected chi connectivity index (χ4v) is 4.94. The summed E-state index contributed by atoms with van der Waals surface area (Å²) < 4.78 is 11.8. The van der Waals surface area contributed by atoms with Crippen molar-refractivity contribution < 1.29 is 9.00 Å². The molecule has 2 bridgehead atoms. The number of nitrogens with two attached hydrogens (primary N) is 1. The summed E-state index contributed by atoms with van der Waals surface area (Å²) in [7, 11) is 0.612. The molecule has 2 heterocycles. The quantitative estimate of drug-likeness (QED) is 0.899. The second-order valence-electron chi connectivity index (χ2n) is 7.11. The van der Waals surface area contributed by atoms with E-state index in [2.05, 4.69) is 12.1 Å². The topological polar surface area (TPSA) is 63.4 Å². The fraction of sp³-hybridized carbons (Fsp3) is 0.611. The minimum absolute atomic E-state index is 0.0854. The van der Waals surface area contributed by atoms with Gasteiger partial charge >= 0.3 is 0 Å². The molecule has 3 atom stereocenters. The van der Waals surface area contributed by atoms with Crippen LogP contribution in [0.2, 0.25) is 0 Å². The molecule has 23 heavy (non-hydrogen) atoms. The first kappa shape index (κ1) is 16.7. The highest BCUT2D eigenvalue weighted by atomic mass is 32.2. The van der Waals surface area contributed by atoms with E-state index >= 15 is 0 Å². The third-order valence-corrected chi connectivity index (χ3v) is 7.00. The number of carbonyl (C=O) groups excluding carboxylic acids is 1. The molecule has 4 nitrogen and oxygen atoms in total. The number of fused-ring (bicyclic) bond motifs is 3. The minimum atomic E-state index is -1.34. The molecule has 0 radical (unpaired) electrons. The highest BCUT2D eigenvalue weighted by Crippen LogP contribution is 2.52. The van der Waals surface area contributed by atoms with Gasteiger partial charge in [0.2, 0.25) is 5.91 Å². The number of benzene rings is 1. The molecule has 0 aromatic heterocycles. The van der Waals surface area contributed by atoms with E-state index in [9.17, 15) is 9.00 Å². The minimum Gasteiger partial charge on any atom is -0.339 e. The lowest BCUT2D eigenvalue weighted by Gasteiger charge is -2.57. The SMILES string of the molecule is CC(C[C@H](c1ccccc1)C12CCC(CC1)C(=O)N2C)S(N)=O. The molecule has 1 aromatic rings. The lowest BCUT2D eigenvalue weighted by atomic mass is 9.62. The number of carbonyl (C=O) groups is 1. The van der Waals surface area contributed by atoms with Crippen molar-refractivity contribution in [1.29, 1.82) is 0 Å². The summed E-state index contributed by atoms with van der Waals surface area (Å²) >= 11 is 0. The molecule has 4 rings (SSSR count). The fourth-order valence-electron chi connectivity index (χ4n) is 4.55. The second kappa shape index (κ2) is 6.36. The van der Waals surface area contributed by atoms with Gasteiger partial charge in [-0.1, -0.05) is 30.3 Å². The van der Waals surface area contributed by atoms with Gasteiger partial charge in [0.1, 0.15) is 0 Å². The first-order valence-electron chi connectivity index (χ1n) is 8.43. The molecule has 2 unspecified atom stereocenters. The highest BCUT2D eigenvalue weighted by Gasteiger charge is 2.53. The second-order valence-corrected chi connectivity index (χ2v) is 8.58. The monoisotopic (exact) mass is 334 g/mol. The van der Waals surface area contributed by atoms with Crippen LogP contribution < -0.4 is 5.14 Å². The zero-order valence-electron chi connectivity index (χ0n) is 13.9. The molecule has 1 amide bonds. The summed E-state index contributed by atoms with van der Waals surface area (Å²) in [6.45, 7) is 1.94. The van der Waals surface area contributed by atoms with Crippen molar-refractivity contribution >= 4 is 16.9 Å². The number of rotatable bonds is 5. The van der Waals surface area contributed by atoms with Crippen LogP contribution in [0.25, 0.3) is 0 Å². The molecule has 1 saturated carbocycles. The maximum Gasteiger partial charge on any atom is 0.225 e. The standard InChI is InChI=1S/C18H26N2O2S/c1-13(23(19)22)12-16(14-6-4-3-5-7-14)18-10-8-15(9-11-18)17(21)20(18)2/h3-7,13,15-16H,8-12,19H2,1-2H3/t13?,15?,16-,18?,23?/m1/s1. The van der Waals surface area contributed by atoms with Crippen LogP contribution in [0.4, 0.5) is 0 Å². The van der Waals surface area contributed by atoms with E-state index in [1.54, 1.807) is 0 Å². The van der Waals surface area contributed by atoms with Crippen LogP contribution >= 0.6 is 0 Å². The van der Waals surface area contributed by atoms with Crippen LogP contribution in [0.3, 0.4) is 0 Å². The van der Waals surface area contributed by atoms with E-state index in [4.69, 9.17) is 5.14 Å². The van der Waals surface area contributed by atoms with E-state index < -0.39 is 11.0 Å². The van der Waals surface area contributed by atoms with Crippen molar-refractivity contribution in [2.24, 2.45) is 11.1 Å². The van der Waals surface area contributed by atoms with E-state index in [0.717, 1.165) is 32.1 Å². The molecule has 1 aromatic carbocycles.